The minimum Gasteiger partial charge on any atom is -0.355 e. The van der Waals surface area contributed by atoms with Crippen molar-refractivity contribution in [3.8, 4) is 11.4 Å². The van der Waals surface area contributed by atoms with Crippen LogP contribution in [0.15, 0.2) is 40.9 Å². The van der Waals surface area contributed by atoms with Crippen LogP contribution in [0.5, 0.6) is 0 Å². The van der Waals surface area contributed by atoms with Gasteiger partial charge < -0.3 is 14.3 Å². The van der Waals surface area contributed by atoms with Crippen molar-refractivity contribution < 1.29 is 9.32 Å². The number of amides is 1. The lowest BCUT2D eigenvalue weighted by Crippen LogP contribution is -2.46. The summed E-state index contributed by atoms with van der Waals surface area (Å²) in [6.45, 7) is 2.91. The van der Waals surface area contributed by atoms with Crippen LogP contribution >= 0.6 is 11.6 Å². The van der Waals surface area contributed by atoms with E-state index in [0.717, 1.165) is 56.7 Å². The SMILES string of the molecule is O=C(C1CCN(c2ccc3nnnn3n2)CC1)N1CCCC(c2nc(-c3ccc(Cl)cc3)no2)C1. The smallest absolute Gasteiger partial charge is 0.231 e. The van der Waals surface area contributed by atoms with E-state index in [0.29, 0.717) is 28.9 Å². The summed E-state index contributed by atoms with van der Waals surface area (Å²) in [5.74, 6) is 2.23. The predicted octanol–water partition coefficient (Wildman–Crippen LogP) is 2.85. The van der Waals surface area contributed by atoms with Gasteiger partial charge in [0.15, 0.2) is 11.5 Å². The highest BCUT2D eigenvalue weighted by atomic mass is 35.5. The predicted molar refractivity (Wildman–Crippen MR) is 127 cm³/mol. The van der Waals surface area contributed by atoms with E-state index in [9.17, 15) is 4.79 Å². The van der Waals surface area contributed by atoms with Crippen LogP contribution in [0, 0.1) is 5.92 Å². The third kappa shape index (κ3) is 4.43. The van der Waals surface area contributed by atoms with Gasteiger partial charge in [-0.1, -0.05) is 16.8 Å². The fourth-order valence-corrected chi connectivity index (χ4v) is 5.04. The Kier molecular flexibility index (Phi) is 5.77. The lowest BCUT2D eigenvalue weighted by Gasteiger charge is -2.37. The molecular formula is C23H24ClN9O2. The van der Waals surface area contributed by atoms with E-state index in [4.69, 9.17) is 16.1 Å². The molecule has 11 nitrogen and oxygen atoms in total. The van der Waals surface area contributed by atoms with Crippen molar-refractivity contribution in [2.45, 2.75) is 31.6 Å². The maximum absolute atomic E-state index is 13.4. The molecule has 1 aromatic carbocycles. The summed E-state index contributed by atoms with van der Waals surface area (Å²) < 4.78 is 7.02. The Morgan fingerprint density at radius 2 is 1.86 bits per heavy atom. The Balaban J connectivity index is 1.07. The molecule has 0 bridgehead atoms. The van der Waals surface area contributed by atoms with Crippen molar-refractivity contribution in [1.82, 2.24) is 40.3 Å². The highest BCUT2D eigenvalue weighted by Gasteiger charge is 2.34. The normalized spacial score (nSPS) is 19.4. The van der Waals surface area contributed by atoms with Gasteiger partial charge in [-0.15, -0.1) is 14.8 Å². The van der Waals surface area contributed by atoms with Crippen molar-refractivity contribution in [3.63, 3.8) is 0 Å². The van der Waals surface area contributed by atoms with Gasteiger partial charge in [0.05, 0.1) is 5.92 Å². The van der Waals surface area contributed by atoms with Gasteiger partial charge in [0.25, 0.3) is 0 Å². The Morgan fingerprint density at radius 3 is 2.69 bits per heavy atom. The topological polar surface area (TPSA) is 118 Å². The molecule has 1 atom stereocenters. The van der Waals surface area contributed by atoms with Crippen LogP contribution in [-0.4, -0.2) is 72.4 Å². The van der Waals surface area contributed by atoms with Crippen LogP contribution in [0.3, 0.4) is 0 Å². The van der Waals surface area contributed by atoms with Crippen molar-refractivity contribution >= 4 is 29.0 Å². The first kappa shape index (κ1) is 21.9. The Labute approximate surface area is 206 Å². The first-order valence-electron chi connectivity index (χ1n) is 11.8. The molecule has 0 saturated carbocycles. The largest absolute Gasteiger partial charge is 0.355 e. The number of anilines is 1. The van der Waals surface area contributed by atoms with Gasteiger partial charge in [-0.25, -0.2) is 0 Å². The fourth-order valence-electron chi connectivity index (χ4n) is 4.92. The first-order valence-corrected chi connectivity index (χ1v) is 12.2. The highest BCUT2D eigenvalue weighted by molar-refractivity contribution is 6.30. The maximum atomic E-state index is 13.4. The van der Waals surface area contributed by atoms with Crippen molar-refractivity contribution in [2.75, 3.05) is 31.1 Å². The summed E-state index contributed by atoms with van der Waals surface area (Å²) >= 11 is 5.98. The van der Waals surface area contributed by atoms with Crippen LogP contribution in [0.4, 0.5) is 5.82 Å². The van der Waals surface area contributed by atoms with E-state index in [-0.39, 0.29) is 17.7 Å². The van der Waals surface area contributed by atoms with E-state index in [1.807, 2.05) is 29.2 Å². The van der Waals surface area contributed by atoms with Crippen LogP contribution in [0.25, 0.3) is 17.0 Å². The molecule has 4 aromatic rings. The lowest BCUT2D eigenvalue weighted by atomic mass is 9.92. The maximum Gasteiger partial charge on any atom is 0.231 e. The third-order valence-electron chi connectivity index (χ3n) is 6.85. The number of aromatic nitrogens is 7. The average molecular weight is 494 g/mol. The fraction of sp³-hybridized carbons (Fsp3) is 0.435. The molecule has 1 unspecified atom stereocenters. The molecule has 1 amide bonds. The van der Waals surface area contributed by atoms with Crippen molar-refractivity contribution in [1.29, 1.82) is 0 Å². The average Bonchev–Trinajstić information content (AvgIpc) is 3.59. The standard InChI is InChI=1S/C23H24ClN9O2/c24-18-5-3-15(4-6-18)21-25-22(35-28-21)17-2-1-11-32(14-17)23(34)16-9-12-31(13-10-16)20-8-7-19-26-29-30-33(19)27-20/h3-8,16-17H,1-2,9-14H2. The van der Waals surface area contributed by atoms with Gasteiger partial charge in [0.2, 0.25) is 17.6 Å². The summed E-state index contributed by atoms with van der Waals surface area (Å²) in [4.78, 5) is 22.1. The number of rotatable bonds is 4. The highest BCUT2D eigenvalue weighted by Crippen LogP contribution is 2.30. The Bertz CT molecular complexity index is 1330. The third-order valence-corrected chi connectivity index (χ3v) is 7.10. The number of piperidine rings is 2. The van der Waals surface area contributed by atoms with Gasteiger partial charge in [-0.3, -0.25) is 4.79 Å². The molecule has 180 valence electrons. The first-order chi connectivity index (χ1) is 17.1. The molecule has 0 radical (unpaired) electrons. The lowest BCUT2D eigenvalue weighted by molar-refractivity contribution is -0.137. The van der Waals surface area contributed by atoms with Crippen molar-refractivity contribution in [3.05, 3.63) is 47.3 Å². The number of benzene rings is 1. The molecule has 12 heteroatoms. The minimum absolute atomic E-state index is 0.00841. The van der Waals surface area contributed by atoms with E-state index >= 15 is 0 Å². The Morgan fingerprint density at radius 1 is 1.03 bits per heavy atom. The second-order valence-electron chi connectivity index (χ2n) is 9.07. The number of tetrazole rings is 1. The minimum atomic E-state index is 0.00841. The number of halogens is 1. The molecular weight excluding hydrogens is 470 g/mol. The number of nitrogens with zero attached hydrogens (tertiary/aromatic N) is 9. The van der Waals surface area contributed by atoms with E-state index in [2.05, 4.69) is 35.7 Å². The molecule has 2 fully saturated rings. The molecule has 35 heavy (non-hydrogen) atoms. The summed E-state index contributed by atoms with van der Waals surface area (Å²) in [7, 11) is 0. The number of hydrogen-bond donors (Lipinski definition) is 0. The van der Waals surface area contributed by atoms with E-state index < -0.39 is 0 Å². The summed E-state index contributed by atoms with van der Waals surface area (Å²) in [6.07, 6.45) is 3.42. The van der Waals surface area contributed by atoms with Gasteiger partial charge in [0, 0.05) is 42.7 Å². The van der Waals surface area contributed by atoms with E-state index in [1.165, 1.54) is 4.63 Å². The zero-order valence-corrected chi connectivity index (χ0v) is 19.8. The Hall–Kier alpha value is -3.60. The van der Waals surface area contributed by atoms with Gasteiger partial charge in [-0.2, -0.15) is 4.98 Å². The number of hydrogen-bond acceptors (Lipinski definition) is 9. The molecule has 0 aliphatic carbocycles. The molecule has 6 rings (SSSR count). The molecule has 0 spiro atoms. The number of carbonyl (C=O) groups excluding carboxylic acids is 1. The van der Waals surface area contributed by atoms with Crippen LogP contribution < -0.4 is 4.90 Å². The second kappa shape index (κ2) is 9.21. The zero-order chi connectivity index (χ0) is 23.8. The molecule has 0 N–H and O–H groups in total. The number of fused-ring (bicyclic) bond motifs is 1. The molecule has 2 aliphatic rings. The molecule has 5 heterocycles. The van der Waals surface area contributed by atoms with Crippen molar-refractivity contribution in [2.24, 2.45) is 5.92 Å². The molecule has 2 saturated heterocycles. The number of carbonyl (C=O) groups is 1. The summed E-state index contributed by atoms with van der Waals surface area (Å²) in [5, 5.41) is 20.7. The van der Waals surface area contributed by atoms with Gasteiger partial charge in [-0.05, 0) is 72.5 Å². The zero-order valence-electron chi connectivity index (χ0n) is 19.0. The van der Waals surface area contributed by atoms with Crippen LogP contribution in [0.1, 0.15) is 37.5 Å². The van der Waals surface area contributed by atoms with Gasteiger partial charge in [0.1, 0.15) is 0 Å². The van der Waals surface area contributed by atoms with E-state index in [1.54, 1.807) is 12.1 Å². The second-order valence-corrected chi connectivity index (χ2v) is 9.50. The molecule has 2 aliphatic heterocycles. The quantitative estimate of drug-likeness (QED) is 0.422. The summed E-state index contributed by atoms with van der Waals surface area (Å²) in [5.41, 5.74) is 1.47. The number of likely N-dealkylation sites (tertiary alicyclic amines) is 1. The van der Waals surface area contributed by atoms with Crippen LogP contribution in [-0.2, 0) is 4.79 Å². The summed E-state index contributed by atoms with van der Waals surface area (Å²) in [6, 6.07) is 11.1. The van der Waals surface area contributed by atoms with Gasteiger partial charge >= 0.3 is 0 Å². The monoisotopic (exact) mass is 493 g/mol. The van der Waals surface area contributed by atoms with Crippen LogP contribution in [0.2, 0.25) is 5.02 Å². The molecule has 3 aromatic heterocycles.